The van der Waals surface area contributed by atoms with Crippen molar-refractivity contribution in [3.05, 3.63) is 0 Å². The number of hydrogen-bond donors (Lipinski definition) is 2. The third kappa shape index (κ3) is 3.05. The van der Waals surface area contributed by atoms with Crippen LogP contribution in [0, 0.1) is 0 Å². The van der Waals surface area contributed by atoms with E-state index in [9.17, 15) is 9.59 Å². The Kier molecular flexibility index (Phi) is 3.73. The highest BCUT2D eigenvalue weighted by atomic mass is 16.2. The third-order valence-electron chi connectivity index (χ3n) is 2.14. The fraction of sp³-hybridized carbons (Fsp3) is 0.778. The number of unbranched alkanes of at least 4 members (excludes halogenated alkanes) is 1. The Morgan fingerprint density at radius 1 is 1.69 bits per heavy atom. The molecule has 0 bridgehead atoms. The molecule has 1 aliphatic rings. The van der Waals surface area contributed by atoms with E-state index in [2.05, 4.69) is 17.6 Å². The van der Waals surface area contributed by atoms with E-state index in [-0.39, 0.29) is 17.9 Å². The molecule has 2 amide bonds. The van der Waals surface area contributed by atoms with Crippen LogP contribution in [0.3, 0.4) is 0 Å². The predicted molar refractivity (Wildman–Crippen MR) is 49.1 cm³/mol. The van der Waals surface area contributed by atoms with Crippen molar-refractivity contribution >= 4 is 11.8 Å². The van der Waals surface area contributed by atoms with Crippen LogP contribution in [0.25, 0.3) is 0 Å². The topological polar surface area (TPSA) is 58.2 Å². The molecule has 0 saturated carbocycles. The summed E-state index contributed by atoms with van der Waals surface area (Å²) in [5, 5.41) is 5.42. The van der Waals surface area contributed by atoms with Crippen molar-refractivity contribution in [2.24, 2.45) is 0 Å². The Balaban J connectivity index is 2.20. The first kappa shape index (κ1) is 10.0. The summed E-state index contributed by atoms with van der Waals surface area (Å²) in [6.07, 6.45) is 3.17. The molecule has 74 valence electrons. The highest BCUT2D eigenvalue weighted by Crippen LogP contribution is 2.05. The Hall–Kier alpha value is -1.06. The molecule has 0 aliphatic carbocycles. The lowest BCUT2D eigenvalue weighted by Gasteiger charge is -2.09. The third-order valence-corrected chi connectivity index (χ3v) is 2.14. The van der Waals surface area contributed by atoms with Gasteiger partial charge in [-0.15, -0.1) is 0 Å². The van der Waals surface area contributed by atoms with Crippen LogP contribution < -0.4 is 10.6 Å². The molecular weight excluding hydrogens is 168 g/mol. The van der Waals surface area contributed by atoms with Crippen LogP contribution >= 0.6 is 0 Å². The van der Waals surface area contributed by atoms with E-state index in [1.54, 1.807) is 0 Å². The van der Waals surface area contributed by atoms with Crippen molar-refractivity contribution in [1.29, 1.82) is 0 Å². The van der Waals surface area contributed by atoms with Crippen LogP contribution in [-0.2, 0) is 9.59 Å². The average Bonchev–Trinajstić information content (AvgIpc) is 2.52. The zero-order valence-corrected chi connectivity index (χ0v) is 7.93. The summed E-state index contributed by atoms with van der Waals surface area (Å²) in [5.74, 6) is -0.0602. The summed E-state index contributed by atoms with van der Waals surface area (Å²) in [6.45, 7) is 2.78. The molecule has 0 aromatic rings. The number of rotatable bonds is 4. The largest absolute Gasteiger partial charge is 0.354 e. The maximum atomic E-state index is 11.3. The molecule has 0 aromatic heterocycles. The van der Waals surface area contributed by atoms with Gasteiger partial charge in [-0.25, -0.2) is 0 Å². The Labute approximate surface area is 78.1 Å². The molecule has 0 spiro atoms. The fourth-order valence-electron chi connectivity index (χ4n) is 1.32. The minimum absolute atomic E-state index is 0.0179. The first-order valence-corrected chi connectivity index (χ1v) is 4.81. The highest BCUT2D eigenvalue weighted by Gasteiger charge is 2.26. The molecule has 1 aliphatic heterocycles. The van der Waals surface area contributed by atoms with Gasteiger partial charge in [-0.2, -0.15) is 0 Å². The van der Waals surface area contributed by atoms with Crippen molar-refractivity contribution in [1.82, 2.24) is 10.6 Å². The summed E-state index contributed by atoms with van der Waals surface area (Å²) in [4.78, 5) is 22.1. The number of carbonyl (C=O) groups is 2. The van der Waals surface area contributed by atoms with Gasteiger partial charge in [-0.1, -0.05) is 13.3 Å². The molecule has 0 aromatic carbocycles. The summed E-state index contributed by atoms with van der Waals surface area (Å²) < 4.78 is 0. The predicted octanol–water partition coefficient (Wildman–Crippen LogP) is 0.181. The lowest BCUT2D eigenvalue weighted by atomic mass is 10.2. The van der Waals surface area contributed by atoms with Crippen molar-refractivity contribution in [3.63, 3.8) is 0 Å². The van der Waals surface area contributed by atoms with E-state index in [4.69, 9.17) is 0 Å². The van der Waals surface area contributed by atoms with Gasteiger partial charge in [0.2, 0.25) is 11.8 Å². The minimum atomic E-state index is -0.288. The number of nitrogens with one attached hydrogen (secondary N) is 2. The summed E-state index contributed by atoms with van der Waals surface area (Å²) >= 11 is 0. The molecule has 0 radical (unpaired) electrons. The molecule has 4 nitrogen and oxygen atoms in total. The molecule has 2 N–H and O–H groups in total. The van der Waals surface area contributed by atoms with Gasteiger partial charge < -0.3 is 10.6 Å². The van der Waals surface area contributed by atoms with Crippen LogP contribution in [0.2, 0.25) is 0 Å². The quantitative estimate of drug-likeness (QED) is 0.612. The van der Waals surface area contributed by atoms with Gasteiger partial charge in [0.15, 0.2) is 0 Å². The zero-order chi connectivity index (χ0) is 9.68. The van der Waals surface area contributed by atoms with Crippen molar-refractivity contribution in [3.8, 4) is 0 Å². The minimum Gasteiger partial charge on any atom is -0.354 e. The molecule has 1 heterocycles. The van der Waals surface area contributed by atoms with E-state index in [1.165, 1.54) is 0 Å². The smallest absolute Gasteiger partial charge is 0.242 e. The normalized spacial score (nSPS) is 21.3. The van der Waals surface area contributed by atoms with E-state index in [0.29, 0.717) is 19.4 Å². The molecular formula is C9H16N2O2. The number of carbonyl (C=O) groups excluding carboxylic acids is 2. The Morgan fingerprint density at radius 3 is 3.00 bits per heavy atom. The van der Waals surface area contributed by atoms with Gasteiger partial charge in [0.25, 0.3) is 0 Å². The van der Waals surface area contributed by atoms with Crippen LogP contribution in [0.5, 0.6) is 0 Å². The molecule has 1 atom stereocenters. The lowest BCUT2D eigenvalue weighted by molar-refractivity contribution is -0.125. The monoisotopic (exact) mass is 184 g/mol. The van der Waals surface area contributed by atoms with Gasteiger partial charge in [-0.3, -0.25) is 9.59 Å². The van der Waals surface area contributed by atoms with Crippen LogP contribution in [0.1, 0.15) is 32.6 Å². The van der Waals surface area contributed by atoms with Gasteiger partial charge in [0, 0.05) is 13.0 Å². The first-order chi connectivity index (χ1) is 6.24. The van der Waals surface area contributed by atoms with E-state index in [1.807, 2.05) is 0 Å². The maximum absolute atomic E-state index is 11.3. The van der Waals surface area contributed by atoms with Crippen molar-refractivity contribution in [2.75, 3.05) is 6.54 Å². The Bertz CT molecular complexity index is 204. The van der Waals surface area contributed by atoms with Crippen LogP contribution in [0.15, 0.2) is 0 Å². The second-order valence-corrected chi connectivity index (χ2v) is 3.30. The average molecular weight is 184 g/mol. The molecule has 13 heavy (non-hydrogen) atoms. The van der Waals surface area contributed by atoms with Crippen LogP contribution in [0.4, 0.5) is 0 Å². The maximum Gasteiger partial charge on any atom is 0.242 e. The standard InChI is InChI=1S/C9H16N2O2/c1-2-3-6-10-9(13)7-4-5-8(12)11-7/h7H,2-6H2,1H3,(H,10,13)(H,11,12). The highest BCUT2D eigenvalue weighted by molar-refractivity contribution is 5.90. The van der Waals surface area contributed by atoms with Gasteiger partial charge in [0.05, 0.1) is 0 Å². The van der Waals surface area contributed by atoms with Crippen LogP contribution in [-0.4, -0.2) is 24.4 Å². The number of amides is 2. The van der Waals surface area contributed by atoms with E-state index >= 15 is 0 Å². The van der Waals surface area contributed by atoms with Crippen molar-refractivity contribution < 1.29 is 9.59 Å². The molecule has 1 rings (SSSR count). The molecule has 4 heteroatoms. The van der Waals surface area contributed by atoms with Gasteiger partial charge in [0.1, 0.15) is 6.04 Å². The second-order valence-electron chi connectivity index (χ2n) is 3.30. The SMILES string of the molecule is CCCCNC(=O)C1CCC(=O)N1. The lowest BCUT2D eigenvalue weighted by Crippen LogP contribution is -2.41. The second kappa shape index (κ2) is 4.84. The zero-order valence-electron chi connectivity index (χ0n) is 7.93. The molecule has 1 unspecified atom stereocenters. The number of hydrogen-bond acceptors (Lipinski definition) is 2. The van der Waals surface area contributed by atoms with Gasteiger partial charge in [-0.05, 0) is 12.8 Å². The first-order valence-electron chi connectivity index (χ1n) is 4.81. The Morgan fingerprint density at radius 2 is 2.46 bits per heavy atom. The molecule has 1 fully saturated rings. The van der Waals surface area contributed by atoms with Crippen molar-refractivity contribution in [2.45, 2.75) is 38.6 Å². The summed E-state index contributed by atoms with van der Waals surface area (Å²) in [6, 6.07) is -0.288. The summed E-state index contributed by atoms with van der Waals surface area (Å²) in [5.41, 5.74) is 0. The molecule has 1 saturated heterocycles. The summed E-state index contributed by atoms with van der Waals surface area (Å²) in [7, 11) is 0. The van der Waals surface area contributed by atoms with E-state index < -0.39 is 0 Å². The fourth-order valence-corrected chi connectivity index (χ4v) is 1.32. The van der Waals surface area contributed by atoms with E-state index in [0.717, 1.165) is 12.8 Å². The van der Waals surface area contributed by atoms with Gasteiger partial charge >= 0.3 is 0 Å².